The zero-order chi connectivity index (χ0) is 20.4. The highest BCUT2D eigenvalue weighted by Gasteiger charge is 2.28. The molecule has 1 saturated heterocycles. The topological polar surface area (TPSA) is 104 Å². The average Bonchev–Trinajstić information content (AvgIpc) is 3.18. The van der Waals surface area contributed by atoms with Crippen LogP contribution in [0.25, 0.3) is 22.4 Å². The first kappa shape index (κ1) is 19.1. The number of anilines is 1. The Balaban J connectivity index is 1.36. The monoisotopic (exact) mass is 391 g/mol. The number of hydrogen-bond acceptors (Lipinski definition) is 4. The molecule has 0 saturated carbocycles. The standard InChI is InChI=1S/C22H25N5O2/c1-14(20(23)28)27-12-10-16(11-13-27)22(29)24-17-8-6-15(7-9-17)21-25-18-4-2-3-5-19(18)26-21/h2-9,14,16H,10-13H2,1H3,(H2,23,28)(H,24,29)(H,25,26). The second-order valence-corrected chi connectivity index (χ2v) is 7.56. The summed E-state index contributed by atoms with van der Waals surface area (Å²) in [5, 5.41) is 3.00. The molecule has 150 valence electrons. The highest BCUT2D eigenvalue weighted by Crippen LogP contribution is 2.24. The Morgan fingerprint density at radius 3 is 2.48 bits per heavy atom. The van der Waals surface area contributed by atoms with Gasteiger partial charge in [0.25, 0.3) is 0 Å². The van der Waals surface area contributed by atoms with Crippen molar-refractivity contribution in [3.05, 3.63) is 48.5 Å². The van der Waals surface area contributed by atoms with E-state index in [1.54, 1.807) is 0 Å². The van der Waals surface area contributed by atoms with Gasteiger partial charge >= 0.3 is 0 Å². The SMILES string of the molecule is CC(C(N)=O)N1CCC(C(=O)Nc2ccc(-c3nc4ccccc4[nH]3)cc2)CC1. The predicted molar refractivity (Wildman–Crippen MR) is 113 cm³/mol. The molecule has 3 aromatic rings. The van der Waals surface area contributed by atoms with E-state index in [9.17, 15) is 9.59 Å². The number of fused-ring (bicyclic) bond motifs is 1. The van der Waals surface area contributed by atoms with Gasteiger partial charge < -0.3 is 16.0 Å². The molecule has 0 aliphatic carbocycles. The van der Waals surface area contributed by atoms with E-state index in [4.69, 9.17) is 5.73 Å². The molecule has 1 aromatic heterocycles. The number of nitrogens with zero attached hydrogens (tertiary/aromatic N) is 2. The Morgan fingerprint density at radius 1 is 1.14 bits per heavy atom. The zero-order valence-corrected chi connectivity index (χ0v) is 16.4. The number of imidazole rings is 1. The first-order chi connectivity index (χ1) is 14.0. The molecule has 1 fully saturated rings. The molecule has 7 nitrogen and oxygen atoms in total. The fourth-order valence-electron chi connectivity index (χ4n) is 3.77. The van der Waals surface area contributed by atoms with Crippen LogP contribution in [0.1, 0.15) is 19.8 Å². The van der Waals surface area contributed by atoms with Crippen LogP contribution in [-0.4, -0.2) is 45.8 Å². The van der Waals surface area contributed by atoms with E-state index in [0.717, 1.165) is 41.0 Å². The van der Waals surface area contributed by atoms with E-state index >= 15 is 0 Å². The lowest BCUT2D eigenvalue weighted by molar-refractivity contribution is -0.124. The van der Waals surface area contributed by atoms with Crippen LogP contribution >= 0.6 is 0 Å². The molecular weight excluding hydrogens is 366 g/mol. The predicted octanol–water partition coefficient (Wildman–Crippen LogP) is 2.75. The number of para-hydroxylation sites is 2. The molecule has 2 aromatic carbocycles. The van der Waals surface area contributed by atoms with Crippen molar-refractivity contribution in [2.24, 2.45) is 11.7 Å². The Hall–Kier alpha value is -3.19. The smallest absolute Gasteiger partial charge is 0.234 e. The minimum Gasteiger partial charge on any atom is -0.368 e. The number of aromatic nitrogens is 2. The molecule has 1 aliphatic rings. The number of aromatic amines is 1. The van der Waals surface area contributed by atoms with Crippen LogP contribution in [0.3, 0.4) is 0 Å². The van der Waals surface area contributed by atoms with Gasteiger partial charge in [0.15, 0.2) is 0 Å². The van der Waals surface area contributed by atoms with Crippen LogP contribution in [0, 0.1) is 5.92 Å². The number of benzene rings is 2. The first-order valence-corrected chi connectivity index (χ1v) is 9.90. The molecule has 1 atom stereocenters. The van der Waals surface area contributed by atoms with Crippen molar-refractivity contribution >= 4 is 28.5 Å². The number of rotatable bonds is 5. The first-order valence-electron chi connectivity index (χ1n) is 9.90. The molecule has 1 unspecified atom stereocenters. The third kappa shape index (κ3) is 4.14. The van der Waals surface area contributed by atoms with Crippen LogP contribution in [0.2, 0.25) is 0 Å². The number of primary amides is 1. The van der Waals surface area contributed by atoms with Gasteiger partial charge in [-0.05, 0) is 69.3 Å². The van der Waals surface area contributed by atoms with Crippen LogP contribution in [0.4, 0.5) is 5.69 Å². The van der Waals surface area contributed by atoms with E-state index in [-0.39, 0.29) is 23.8 Å². The molecule has 4 rings (SSSR count). The number of nitrogens with two attached hydrogens (primary N) is 1. The maximum Gasteiger partial charge on any atom is 0.234 e. The van der Waals surface area contributed by atoms with Crippen molar-refractivity contribution in [1.82, 2.24) is 14.9 Å². The van der Waals surface area contributed by atoms with Crippen LogP contribution in [0.15, 0.2) is 48.5 Å². The second kappa shape index (κ2) is 8.05. The fourth-order valence-corrected chi connectivity index (χ4v) is 3.77. The summed E-state index contributed by atoms with van der Waals surface area (Å²) >= 11 is 0. The number of amides is 2. The normalized spacial score (nSPS) is 16.6. The molecule has 2 amide bonds. The molecule has 29 heavy (non-hydrogen) atoms. The van der Waals surface area contributed by atoms with Crippen LogP contribution < -0.4 is 11.1 Å². The van der Waals surface area contributed by atoms with E-state index in [2.05, 4.69) is 15.3 Å². The number of likely N-dealkylation sites (tertiary alicyclic amines) is 1. The molecule has 0 bridgehead atoms. The summed E-state index contributed by atoms with van der Waals surface area (Å²) in [5.41, 5.74) is 9.03. The molecule has 2 heterocycles. The Labute approximate surface area is 169 Å². The number of piperidine rings is 1. The summed E-state index contributed by atoms with van der Waals surface area (Å²) in [7, 11) is 0. The van der Waals surface area contributed by atoms with Gasteiger partial charge in [-0.15, -0.1) is 0 Å². The number of nitrogens with one attached hydrogen (secondary N) is 2. The highest BCUT2D eigenvalue weighted by atomic mass is 16.2. The zero-order valence-electron chi connectivity index (χ0n) is 16.4. The largest absolute Gasteiger partial charge is 0.368 e. The van der Waals surface area contributed by atoms with E-state index in [1.807, 2.05) is 60.4 Å². The summed E-state index contributed by atoms with van der Waals surface area (Å²) in [6.07, 6.45) is 1.45. The van der Waals surface area contributed by atoms with Gasteiger partial charge in [-0.25, -0.2) is 4.98 Å². The van der Waals surface area contributed by atoms with Gasteiger partial charge in [0, 0.05) is 17.2 Å². The van der Waals surface area contributed by atoms with Crippen molar-refractivity contribution in [2.75, 3.05) is 18.4 Å². The quantitative estimate of drug-likeness (QED) is 0.622. The third-order valence-electron chi connectivity index (χ3n) is 5.68. The summed E-state index contributed by atoms with van der Waals surface area (Å²) in [5.74, 6) is 0.451. The number of carbonyl (C=O) groups excluding carboxylic acids is 2. The minimum absolute atomic E-state index is 0.0212. The minimum atomic E-state index is -0.322. The molecular formula is C22H25N5O2. The van der Waals surface area contributed by atoms with E-state index in [1.165, 1.54) is 0 Å². The Bertz CT molecular complexity index is 986. The maximum absolute atomic E-state index is 12.6. The van der Waals surface area contributed by atoms with Crippen molar-refractivity contribution in [3.63, 3.8) is 0 Å². The summed E-state index contributed by atoms with van der Waals surface area (Å²) in [6, 6.07) is 15.3. The van der Waals surface area contributed by atoms with Gasteiger partial charge in [0.2, 0.25) is 11.8 Å². The summed E-state index contributed by atoms with van der Waals surface area (Å²) in [6.45, 7) is 3.21. The highest BCUT2D eigenvalue weighted by molar-refractivity contribution is 5.93. The lowest BCUT2D eigenvalue weighted by Crippen LogP contribution is -2.47. The van der Waals surface area contributed by atoms with Crippen LogP contribution in [0.5, 0.6) is 0 Å². The Kier molecular flexibility index (Phi) is 5.31. The maximum atomic E-state index is 12.6. The van der Waals surface area contributed by atoms with Crippen LogP contribution in [-0.2, 0) is 9.59 Å². The lowest BCUT2D eigenvalue weighted by atomic mass is 9.95. The summed E-state index contributed by atoms with van der Waals surface area (Å²) in [4.78, 5) is 33.9. The van der Waals surface area contributed by atoms with Crippen molar-refractivity contribution < 1.29 is 9.59 Å². The molecule has 4 N–H and O–H groups in total. The molecule has 1 aliphatic heterocycles. The van der Waals surface area contributed by atoms with Crippen molar-refractivity contribution in [3.8, 4) is 11.4 Å². The van der Waals surface area contributed by atoms with Gasteiger partial charge in [0.05, 0.1) is 17.1 Å². The molecule has 0 spiro atoms. The van der Waals surface area contributed by atoms with Gasteiger partial charge in [-0.2, -0.15) is 0 Å². The van der Waals surface area contributed by atoms with Gasteiger partial charge in [0.1, 0.15) is 5.82 Å². The van der Waals surface area contributed by atoms with E-state index < -0.39 is 0 Å². The van der Waals surface area contributed by atoms with Gasteiger partial charge in [-0.3, -0.25) is 14.5 Å². The number of H-pyrrole nitrogens is 1. The number of hydrogen-bond donors (Lipinski definition) is 3. The lowest BCUT2D eigenvalue weighted by Gasteiger charge is -2.34. The fraction of sp³-hybridized carbons (Fsp3) is 0.318. The summed E-state index contributed by atoms with van der Waals surface area (Å²) < 4.78 is 0. The van der Waals surface area contributed by atoms with Gasteiger partial charge in [-0.1, -0.05) is 12.1 Å². The second-order valence-electron chi connectivity index (χ2n) is 7.56. The van der Waals surface area contributed by atoms with Crippen molar-refractivity contribution in [2.45, 2.75) is 25.8 Å². The Morgan fingerprint density at radius 2 is 1.83 bits per heavy atom. The number of carbonyl (C=O) groups is 2. The molecule has 0 radical (unpaired) electrons. The van der Waals surface area contributed by atoms with E-state index in [0.29, 0.717) is 13.1 Å². The van der Waals surface area contributed by atoms with Crippen molar-refractivity contribution in [1.29, 1.82) is 0 Å². The third-order valence-corrected chi connectivity index (χ3v) is 5.68. The molecule has 7 heteroatoms. The average molecular weight is 391 g/mol.